The van der Waals surface area contributed by atoms with E-state index < -0.39 is 18.6 Å². The van der Waals surface area contributed by atoms with Crippen LogP contribution in [-0.4, -0.2) is 25.2 Å². The fourth-order valence-corrected chi connectivity index (χ4v) is 2.13. The summed E-state index contributed by atoms with van der Waals surface area (Å²) in [5.74, 6) is -0.366. The number of rotatable bonds is 9. The summed E-state index contributed by atoms with van der Waals surface area (Å²) in [5, 5.41) is 2.57. The first-order chi connectivity index (χ1) is 13.4. The van der Waals surface area contributed by atoms with Gasteiger partial charge < -0.3 is 14.8 Å². The fourth-order valence-electron chi connectivity index (χ4n) is 2.13. The van der Waals surface area contributed by atoms with Crippen LogP contribution < -0.4 is 10.1 Å². The van der Waals surface area contributed by atoms with Crippen LogP contribution in [0.5, 0.6) is 5.75 Å². The largest absolute Gasteiger partial charge is 0.461 e. The molecule has 1 amide bonds. The third-order valence-electron chi connectivity index (χ3n) is 3.47. The van der Waals surface area contributed by atoms with Crippen molar-refractivity contribution in [3.8, 4) is 5.75 Å². The first kappa shape index (κ1) is 21.3. The summed E-state index contributed by atoms with van der Waals surface area (Å²) >= 11 is 0. The van der Waals surface area contributed by atoms with E-state index in [4.69, 9.17) is 4.74 Å². The molecule has 28 heavy (non-hydrogen) atoms. The molecular formula is C20H19F4NO3. The van der Waals surface area contributed by atoms with Crippen molar-refractivity contribution in [3.05, 3.63) is 71.8 Å². The van der Waals surface area contributed by atoms with Gasteiger partial charge in [-0.05, 0) is 29.7 Å². The van der Waals surface area contributed by atoms with Crippen LogP contribution >= 0.6 is 0 Å². The first-order valence-corrected chi connectivity index (χ1v) is 8.43. The summed E-state index contributed by atoms with van der Waals surface area (Å²) in [5.41, 5.74) is 1.37. The molecule has 0 spiro atoms. The minimum Gasteiger partial charge on any atom is -0.445 e. The number of amides is 1. The van der Waals surface area contributed by atoms with Crippen LogP contribution in [0.3, 0.4) is 0 Å². The van der Waals surface area contributed by atoms with Crippen molar-refractivity contribution in [2.45, 2.75) is 25.6 Å². The molecule has 0 aliphatic rings. The molecule has 0 aliphatic heterocycles. The average Bonchev–Trinajstić information content (AvgIpc) is 2.67. The SMILES string of the molecule is O=C(NCCC=Cc1cccc(OC(F)(F)C(F)F)c1)OCc1ccccc1. The minimum absolute atomic E-state index is 0.165. The van der Waals surface area contributed by atoms with Gasteiger partial charge in [-0.25, -0.2) is 4.79 Å². The zero-order chi connectivity index (χ0) is 20.4. The summed E-state index contributed by atoms with van der Waals surface area (Å²) in [6, 6.07) is 14.6. The van der Waals surface area contributed by atoms with E-state index in [2.05, 4.69) is 10.1 Å². The van der Waals surface area contributed by atoms with Gasteiger partial charge in [0, 0.05) is 6.54 Å². The van der Waals surface area contributed by atoms with Crippen molar-refractivity contribution in [3.63, 3.8) is 0 Å². The van der Waals surface area contributed by atoms with E-state index in [1.165, 1.54) is 12.1 Å². The number of ether oxygens (including phenoxy) is 2. The molecule has 0 radical (unpaired) electrons. The molecular weight excluding hydrogens is 378 g/mol. The number of halogens is 4. The fraction of sp³-hybridized carbons (Fsp3) is 0.250. The Hall–Kier alpha value is -3.03. The zero-order valence-electron chi connectivity index (χ0n) is 14.8. The molecule has 4 nitrogen and oxygen atoms in total. The maximum atomic E-state index is 12.9. The van der Waals surface area contributed by atoms with E-state index in [1.54, 1.807) is 18.2 Å². The van der Waals surface area contributed by atoms with Crippen molar-refractivity contribution in [2.75, 3.05) is 6.54 Å². The number of alkyl halides is 4. The van der Waals surface area contributed by atoms with Crippen molar-refractivity contribution in [2.24, 2.45) is 0 Å². The van der Waals surface area contributed by atoms with Gasteiger partial charge in [0.2, 0.25) is 0 Å². The lowest BCUT2D eigenvalue weighted by Gasteiger charge is -2.16. The molecule has 0 unspecified atom stereocenters. The molecule has 0 bridgehead atoms. The van der Waals surface area contributed by atoms with Crippen LogP contribution in [0.25, 0.3) is 6.08 Å². The maximum absolute atomic E-state index is 12.9. The van der Waals surface area contributed by atoms with E-state index in [0.29, 0.717) is 18.5 Å². The number of hydrogen-bond donors (Lipinski definition) is 1. The predicted octanol–water partition coefficient (Wildman–Crippen LogP) is 5.25. The number of hydrogen-bond acceptors (Lipinski definition) is 3. The molecule has 0 saturated carbocycles. The number of nitrogens with one attached hydrogen (secondary N) is 1. The van der Waals surface area contributed by atoms with Gasteiger partial charge in [-0.1, -0.05) is 54.6 Å². The first-order valence-electron chi connectivity index (χ1n) is 8.43. The van der Waals surface area contributed by atoms with Crippen LogP contribution in [0, 0.1) is 0 Å². The lowest BCUT2D eigenvalue weighted by atomic mass is 10.2. The molecule has 1 N–H and O–H groups in total. The highest BCUT2D eigenvalue weighted by Crippen LogP contribution is 2.28. The van der Waals surface area contributed by atoms with Crippen molar-refractivity contribution in [1.82, 2.24) is 5.32 Å². The van der Waals surface area contributed by atoms with Gasteiger partial charge in [0.25, 0.3) is 0 Å². The Balaban J connectivity index is 1.72. The Morgan fingerprint density at radius 2 is 1.86 bits per heavy atom. The number of benzene rings is 2. The summed E-state index contributed by atoms with van der Waals surface area (Å²) in [7, 11) is 0. The van der Waals surface area contributed by atoms with Gasteiger partial charge in [-0.3, -0.25) is 0 Å². The summed E-state index contributed by atoms with van der Waals surface area (Å²) in [6.07, 6.45) is -5.27. The predicted molar refractivity (Wildman–Crippen MR) is 96.3 cm³/mol. The van der Waals surface area contributed by atoms with E-state index in [-0.39, 0.29) is 12.4 Å². The summed E-state index contributed by atoms with van der Waals surface area (Å²) < 4.78 is 59.3. The molecule has 0 fully saturated rings. The summed E-state index contributed by atoms with van der Waals surface area (Å²) in [6.45, 7) is 0.475. The molecule has 0 aromatic heterocycles. The second-order valence-electron chi connectivity index (χ2n) is 5.72. The Bertz CT molecular complexity index is 782. The molecule has 8 heteroatoms. The molecule has 0 heterocycles. The normalized spacial score (nSPS) is 11.6. The molecule has 0 atom stereocenters. The smallest absolute Gasteiger partial charge is 0.445 e. The van der Waals surface area contributed by atoms with Gasteiger partial charge >= 0.3 is 18.6 Å². The van der Waals surface area contributed by atoms with Crippen molar-refractivity contribution >= 4 is 12.2 Å². The highest BCUT2D eigenvalue weighted by atomic mass is 19.3. The molecule has 0 aliphatic carbocycles. The van der Waals surface area contributed by atoms with Gasteiger partial charge in [0.1, 0.15) is 12.4 Å². The molecule has 2 rings (SSSR count). The standard InChI is InChI=1S/C20H19F4NO3/c21-18(22)20(23,24)28-17-11-6-10-15(13-17)7-4-5-12-25-19(26)27-14-16-8-2-1-3-9-16/h1-4,6-11,13,18H,5,12,14H2,(H,25,26). The highest BCUT2D eigenvalue weighted by Gasteiger charge is 2.43. The van der Waals surface area contributed by atoms with Gasteiger partial charge in [-0.2, -0.15) is 17.6 Å². The summed E-state index contributed by atoms with van der Waals surface area (Å²) in [4.78, 5) is 11.6. The third kappa shape index (κ3) is 7.30. The van der Waals surface area contributed by atoms with E-state index in [0.717, 1.165) is 11.6 Å². The average molecular weight is 397 g/mol. The topological polar surface area (TPSA) is 47.6 Å². The molecule has 0 saturated heterocycles. The van der Waals surface area contributed by atoms with Crippen LogP contribution in [0.4, 0.5) is 22.4 Å². The highest BCUT2D eigenvalue weighted by molar-refractivity contribution is 5.67. The molecule has 150 valence electrons. The Morgan fingerprint density at radius 1 is 1.11 bits per heavy atom. The third-order valence-corrected chi connectivity index (χ3v) is 3.47. The van der Waals surface area contributed by atoms with E-state index >= 15 is 0 Å². The number of alkyl carbamates (subject to hydrolysis) is 1. The second-order valence-corrected chi connectivity index (χ2v) is 5.72. The van der Waals surface area contributed by atoms with Crippen LogP contribution in [0.2, 0.25) is 0 Å². The quantitative estimate of drug-likeness (QED) is 0.464. The zero-order valence-corrected chi connectivity index (χ0v) is 14.8. The number of carbonyl (C=O) groups is 1. The Labute approximate surface area is 159 Å². The Morgan fingerprint density at radius 3 is 2.57 bits per heavy atom. The van der Waals surface area contributed by atoms with Gasteiger partial charge in [-0.15, -0.1) is 0 Å². The molecule has 2 aromatic rings. The van der Waals surface area contributed by atoms with Crippen LogP contribution in [0.1, 0.15) is 17.5 Å². The van der Waals surface area contributed by atoms with Crippen LogP contribution in [-0.2, 0) is 11.3 Å². The minimum atomic E-state index is -4.55. The maximum Gasteiger partial charge on any atom is 0.461 e. The van der Waals surface area contributed by atoms with Crippen LogP contribution in [0.15, 0.2) is 60.7 Å². The second kappa shape index (κ2) is 10.3. The van der Waals surface area contributed by atoms with Crippen molar-refractivity contribution in [1.29, 1.82) is 0 Å². The lowest BCUT2D eigenvalue weighted by molar-refractivity contribution is -0.253. The monoisotopic (exact) mass is 397 g/mol. The van der Waals surface area contributed by atoms with E-state index in [9.17, 15) is 22.4 Å². The van der Waals surface area contributed by atoms with E-state index in [1.807, 2.05) is 30.3 Å². The molecule has 2 aromatic carbocycles. The lowest BCUT2D eigenvalue weighted by Crippen LogP contribution is -2.33. The van der Waals surface area contributed by atoms with Gasteiger partial charge in [0.15, 0.2) is 0 Å². The number of carbonyl (C=O) groups excluding carboxylic acids is 1. The van der Waals surface area contributed by atoms with Crippen molar-refractivity contribution < 1.29 is 31.8 Å². The van der Waals surface area contributed by atoms with Gasteiger partial charge in [0.05, 0.1) is 0 Å². The Kier molecular flexibility index (Phi) is 7.86.